The first-order valence-electron chi connectivity index (χ1n) is 9.07. The van der Waals surface area contributed by atoms with E-state index < -0.39 is 29.1 Å². The summed E-state index contributed by atoms with van der Waals surface area (Å²) in [6, 6.07) is 8.43. The van der Waals surface area contributed by atoms with Gasteiger partial charge in [0, 0.05) is 10.7 Å². The molecule has 0 saturated carbocycles. The second kappa shape index (κ2) is 9.85. The van der Waals surface area contributed by atoms with Gasteiger partial charge >= 0.3 is 6.03 Å². The molecule has 3 amide bonds. The Bertz CT molecular complexity index is 1220. The number of urea groups is 1. The minimum absolute atomic E-state index is 0.321. The quantitative estimate of drug-likeness (QED) is 0.360. The van der Waals surface area contributed by atoms with E-state index in [1.165, 1.54) is 0 Å². The van der Waals surface area contributed by atoms with Crippen molar-refractivity contribution in [1.82, 2.24) is 5.32 Å². The van der Waals surface area contributed by atoms with Crippen LogP contribution in [0.1, 0.15) is 21.5 Å². The van der Waals surface area contributed by atoms with E-state index >= 15 is 0 Å². The zero-order chi connectivity index (χ0) is 23.6. The summed E-state index contributed by atoms with van der Waals surface area (Å²) in [6.45, 7) is 3.44. The lowest BCUT2D eigenvalue weighted by Crippen LogP contribution is -2.35. The maximum Gasteiger partial charge on any atom is 0.326 e. The van der Waals surface area contributed by atoms with Crippen LogP contribution in [0, 0.1) is 25.5 Å². The third-order valence-electron chi connectivity index (χ3n) is 4.42. The second-order valence-electron chi connectivity index (χ2n) is 6.69. The summed E-state index contributed by atoms with van der Waals surface area (Å²) in [6.07, 6.45) is 0. The zero-order valence-electron chi connectivity index (χ0n) is 16.7. The number of nitrogens with one attached hydrogen (secondary N) is 2. The Morgan fingerprint density at radius 2 is 1.69 bits per heavy atom. The topological polar surface area (TPSA) is 67.4 Å². The number of hydrogen-bond acceptors (Lipinski definition) is 3. The number of carbonyl (C=O) groups excluding carboxylic acids is 2. The molecule has 5 nitrogen and oxygen atoms in total. The SMILES string of the molecule is Cc1cc(NC(=O)NC(=O)c2c(F)cccc2F)c(C)c(Br)c1Oc1ccc(Cl)cc1Cl. The van der Waals surface area contributed by atoms with Gasteiger partial charge in [0.15, 0.2) is 0 Å². The van der Waals surface area contributed by atoms with Crippen molar-refractivity contribution in [2.75, 3.05) is 5.32 Å². The highest BCUT2D eigenvalue weighted by Crippen LogP contribution is 2.41. The molecular formula is C22H15BrCl2F2N2O3. The summed E-state index contributed by atoms with van der Waals surface area (Å²) in [5, 5.41) is 5.19. The van der Waals surface area contributed by atoms with Gasteiger partial charge in [0.2, 0.25) is 0 Å². The Labute approximate surface area is 200 Å². The number of aryl methyl sites for hydroxylation is 1. The van der Waals surface area contributed by atoms with E-state index in [9.17, 15) is 18.4 Å². The highest BCUT2D eigenvalue weighted by molar-refractivity contribution is 9.10. The molecule has 166 valence electrons. The Hall–Kier alpha value is -2.68. The Morgan fingerprint density at radius 3 is 2.31 bits per heavy atom. The van der Waals surface area contributed by atoms with Crippen LogP contribution in [0.2, 0.25) is 10.0 Å². The molecular weight excluding hydrogens is 529 g/mol. The first-order chi connectivity index (χ1) is 15.1. The highest BCUT2D eigenvalue weighted by Gasteiger charge is 2.21. The fourth-order valence-corrected chi connectivity index (χ4v) is 3.86. The molecule has 2 N–H and O–H groups in total. The second-order valence-corrected chi connectivity index (χ2v) is 8.33. The average Bonchev–Trinajstić information content (AvgIpc) is 2.70. The van der Waals surface area contributed by atoms with Crippen molar-refractivity contribution in [3.63, 3.8) is 0 Å². The van der Waals surface area contributed by atoms with Crippen LogP contribution in [0.4, 0.5) is 19.3 Å². The Balaban J connectivity index is 1.80. The van der Waals surface area contributed by atoms with Gasteiger partial charge in [0.05, 0.1) is 9.50 Å². The summed E-state index contributed by atoms with van der Waals surface area (Å²) < 4.78 is 33.9. The normalized spacial score (nSPS) is 10.6. The molecule has 3 rings (SSSR count). The van der Waals surface area contributed by atoms with Crippen molar-refractivity contribution in [2.24, 2.45) is 0 Å². The molecule has 0 spiro atoms. The molecule has 0 heterocycles. The molecule has 10 heteroatoms. The lowest BCUT2D eigenvalue weighted by Gasteiger charge is -2.17. The fourth-order valence-electron chi connectivity index (χ4n) is 2.81. The van der Waals surface area contributed by atoms with Gasteiger partial charge in [-0.25, -0.2) is 13.6 Å². The summed E-state index contributed by atoms with van der Waals surface area (Å²) >= 11 is 15.5. The maximum absolute atomic E-state index is 13.8. The van der Waals surface area contributed by atoms with E-state index in [4.69, 9.17) is 27.9 Å². The van der Waals surface area contributed by atoms with Crippen molar-refractivity contribution in [3.8, 4) is 11.5 Å². The van der Waals surface area contributed by atoms with E-state index in [1.807, 2.05) is 5.32 Å². The molecule has 32 heavy (non-hydrogen) atoms. The third-order valence-corrected chi connectivity index (χ3v) is 5.91. The van der Waals surface area contributed by atoms with E-state index in [0.717, 1.165) is 18.2 Å². The van der Waals surface area contributed by atoms with Crippen LogP contribution >= 0.6 is 39.1 Å². The Morgan fingerprint density at radius 1 is 1.03 bits per heavy atom. The van der Waals surface area contributed by atoms with Crippen LogP contribution in [-0.4, -0.2) is 11.9 Å². The molecule has 0 aliphatic rings. The first-order valence-corrected chi connectivity index (χ1v) is 10.6. The van der Waals surface area contributed by atoms with Gasteiger partial charge in [-0.1, -0.05) is 29.3 Å². The molecule has 0 fully saturated rings. The molecule has 3 aromatic rings. The number of amides is 3. The van der Waals surface area contributed by atoms with Crippen LogP contribution in [0.5, 0.6) is 11.5 Å². The lowest BCUT2D eigenvalue weighted by molar-refractivity contribution is 0.0959. The molecule has 0 aromatic heterocycles. The number of ether oxygens (including phenoxy) is 1. The maximum atomic E-state index is 13.8. The van der Waals surface area contributed by atoms with Gasteiger partial charge in [-0.15, -0.1) is 0 Å². The summed E-state index contributed by atoms with van der Waals surface area (Å²) in [4.78, 5) is 24.4. The van der Waals surface area contributed by atoms with Gasteiger partial charge in [0.1, 0.15) is 28.7 Å². The van der Waals surface area contributed by atoms with Crippen LogP contribution in [0.3, 0.4) is 0 Å². The van der Waals surface area contributed by atoms with Crippen molar-refractivity contribution in [2.45, 2.75) is 13.8 Å². The van der Waals surface area contributed by atoms with Crippen molar-refractivity contribution >= 4 is 56.8 Å². The van der Waals surface area contributed by atoms with Gasteiger partial charge in [-0.2, -0.15) is 0 Å². The molecule has 0 aliphatic heterocycles. The number of carbonyl (C=O) groups is 2. The van der Waals surface area contributed by atoms with Crippen molar-refractivity contribution in [3.05, 3.63) is 85.3 Å². The summed E-state index contributed by atoms with van der Waals surface area (Å²) in [7, 11) is 0. The van der Waals surface area contributed by atoms with Gasteiger partial charge in [-0.3, -0.25) is 10.1 Å². The highest BCUT2D eigenvalue weighted by atomic mass is 79.9. The third kappa shape index (κ3) is 5.20. The molecule has 0 bridgehead atoms. The smallest absolute Gasteiger partial charge is 0.326 e. The molecule has 3 aromatic carbocycles. The zero-order valence-corrected chi connectivity index (χ0v) is 19.8. The predicted molar refractivity (Wildman–Crippen MR) is 123 cm³/mol. The number of halogens is 5. The van der Waals surface area contributed by atoms with Crippen LogP contribution in [0.15, 0.2) is 46.9 Å². The van der Waals surface area contributed by atoms with Crippen LogP contribution in [0.25, 0.3) is 0 Å². The fraction of sp³-hybridized carbons (Fsp3) is 0.0909. The Kier molecular flexibility index (Phi) is 7.38. The lowest BCUT2D eigenvalue weighted by atomic mass is 10.1. The number of benzene rings is 3. The number of imide groups is 1. The minimum atomic E-state index is -1.20. The first kappa shape index (κ1) is 24.0. The van der Waals surface area contributed by atoms with E-state index in [1.54, 1.807) is 38.1 Å². The largest absolute Gasteiger partial charge is 0.454 e. The number of rotatable bonds is 4. The van der Waals surface area contributed by atoms with Crippen LogP contribution in [-0.2, 0) is 0 Å². The van der Waals surface area contributed by atoms with Crippen molar-refractivity contribution in [1.29, 1.82) is 0 Å². The summed E-state index contributed by atoms with van der Waals surface area (Å²) in [5.41, 5.74) is 0.717. The monoisotopic (exact) mass is 542 g/mol. The molecule has 0 atom stereocenters. The van der Waals surface area contributed by atoms with Gasteiger partial charge in [0.25, 0.3) is 5.91 Å². The van der Waals surface area contributed by atoms with E-state index in [2.05, 4.69) is 21.2 Å². The van der Waals surface area contributed by atoms with Gasteiger partial charge in [-0.05, 0) is 77.3 Å². The van der Waals surface area contributed by atoms with E-state index in [0.29, 0.717) is 42.8 Å². The summed E-state index contributed by atoms with van der Waals surface area (Å²) in [5.74, 6) is -2.51. The van der Waals surface area contributed by atoms with Gasteiger partial charge < -0.3 is 10.1 Å². The number of anilines is 1. The minimum Gasteiger partial charge on any atom is -0.454 e. The molecule has 0 unspecified atom stereocenters. The van der Waals surface area contributed by atoms with Crippen molar-refractivity contribution < 1.29 is 23.1 Å². The standard InChI is InChI=1S/C22H15BrCl2F2N2O3/c1-10-8-16(28-22(31)29-21(30)18-14(26)4-3-5-15(18)27)11(2)19(23)20(10)32-17-7-6-12(24)9-13(17)25/h3-9H,1-2H3,(H2,28,29,30,31). The molecule has 0 radical (unpaired) electrons. The average molecular weight is 544 g/mol. The molecule has 0 saturated heterocycles. The number of hydrogen-bond donors (Lipinski definition) is 2. The van der Waals surface area contributed by atoms with Crippen LogP contribution < -0.4 is 15.4 Å². The van der Waals surface area contributed by atoms with E-state index in [-0.39, 0.29) is 0 Å². The predicted octanol–water partition coefficient (Wildman–Crippen LogP) is 7.41. The molecule has 0 aliphatic carbocycles.